The van der Waals surface area contributed by atoms with Gasteiger partial charge in [0.15, 0.2) is 18.1 Å². The summed E-state index contributed by atoms with van der Waals surface area (Å²) in [5.41, 5.74) is 1.19. The van der Waals surface area contributed by atoms with Crippen LogP contribution in [0.2, 0.25) is 5.02 Å². The fourth-order valence-electron chi connectivity index (χ4n) is 2.14. The van der Waals surface area contributed by atoms with Gasteiger partial charge < -0.3 is 20.1 Å². The second-order valence-electron chi connectivity index (χ2n) is 5.10. The molecule has 7 nitrogen and oxygen atoms in total. The van der Waals surface area contributed by atoms with E-state index in [-0.39, 0.29) is 29.0 Å². The molecule has 8 heteroatoms. The van der Waals surface area contributed by atoms with Gasteiger partial charge in [-0.05, 0) is 24.3 Å². The largest absolute Gasteiger partial charge is 0.493 e. The normalized spacial score (nSPS) is 9.77. The van der Waals surface area contributed by atoms with Crippen LogP contribution in [-0.4, -0.2) is 32.6 Å². The van der Waals surface area contributed by atoms with Crippen molar-refractivity contribution < 1.29 is 19.1 Å². The van der Waals surface area contributed by atoms with Gasteiger partial charge in [0.05, 0.1) is 23.8 Å². The molecule has 0 heterocycles. The molecule has 0 atom stereocenters. The number of amides is 2. The summed E-state index contributed by atoms with van der Waals surface area (Å²) in [5.74, 6) is -0.279. The number of nitrogens with one attached hydrogen (secondary N) is 2. The van der Waals surface area contributed by atoms with Gasteiger partial charge >= 0.3 is 0 Å². The first-order valence-electron chi connectivity index (χ1n) is 7.51. The van der Waals surface area contributed by atoms with Gasteiger partial charge in [-0.25, -0.2) is 0 Å². The number of anilines is 1. The summed E-state index contributed by atoms with van der Waals surface area (Å²) in [6, 6.07) is 11.3. The molecule has 2 amide bonds. The number of hydrogen-bond acceptors (Lipinski definition) is 5. The maximum atomic E-state index is 12.1. The van der Waals surface area contributed by atoms with Crippen molar-refractivity contribution in [3.05, 3.63) is 52.5 Å². The maximum Gasteiger partial charge on any atom is 0.262 e. The fourth-order valence-corrected chi connectivity index (χ4v) is 2.41. The van der Waals surface area contributed by atoms with E-state index in [9.17, 15) is 9.59 Å². The fraction of sp³-hybridized carbons (Fsp3) is 0.167. The number of benzene rings is 2. The number of carbonyl (C=O) groups is 2. The Morgan fingerprint density at radius 1 is 1.27 bits per heavy atom. The van der Waals surface area contributed by atoms with E-state index in [0.717, 1.165) is 0 Å². The highest BCUT2D eigenvalue weighted by Gasteiger charge is 2.14. The molecular weight excluding hydrogens is 358 g/mol. The molecule has 0 aliphatic carbocycles. The standard InChI is InChI=1S/C18H16ClN3O4/c1-21-18(24)12-4-3-5-13(8-12)22-16(23)10-26-17-14(19)6-11(9-20)7-15(17)25-2/h3-8H,10H2,1-2H3,(H,21,24)(H,22,23). The van der Waals surface area contributed by atoms with Crippen LogP contribution in [0.3, 0.4) is 0 Å². The van der Waals surface area contributed by atoms with E-state index in [4.69, 9.17) is 26.3 Å². The molecule has 0 radical (unpaired) electrons. The van der Waals surface area contributed by atoms with Crippen LogP contribution in [0.15, 0.2) is 36.4 Å². The van der Waals surface area contributed by atoms with E-state index >= 15 is 0 Å². The highest BCUT2D eigenvalue weighted by atomic mass is 35.5. The summed E-state index contributed by atoms with van der Waals surface area (Å²) in [6.45, 7) is -0.327. The SMILES string of the molecule is CNC(=O)c1cccc(NC(=O)COc2c(Cl)cc(C#N)cc2OC)c1. The van der Waals surface area contributed by atoms with Gasteiger partial charge in [0.25, 0.3) is 11.8 Å². The monoisotopic (exact) mass is 373 g/mol. The number of methoxy groups -OCH3 is 1. The van der Waals surface area contributed by atoms with E-state index in [2.05, 4.69) is 10.6 Å². The first kappa shape index (κ1) is 19.1. The molecule has 0 saturated heterocycles. The Bertz CT molecular complexity index is 877. The minimum Gasteiger partial charge on any atom is -0.493 e. The van der Waals surface area contributed by atoms with Crippen LogP contribution < -0.4 is 20.1 Å². The third-order valence-electron chi connectivity index (χ3n) is 3.34. The molecule has 0 aliphatic heterocycles. The van der Waals surface area contributed by atoms with E-state index in [1.165, 1.54) is 26.3 Å². The molecular formula is C18H16ClN3O4. The number of halogens is 1. The molecule has 0 unspecified atom stereocenters. The number of carbonyl (C=O) groups excluding carboxylic acids is 2. The Balaban J connectivity index is 2.06. The molecule has 0 fully saturated rings. The van der Waals surface area contributed by atoms with Gasteiger partial charge in [-0.3, -0.25) is 9.59 Å². The summed E-state index contributed by atoms with van der Waals surface area (Å²) >= 11 is 6.08. The minimum atomic E-state index is -0.443. The van der Waals surface area contributed by atoms with Crippen molar-refractivity contribution in [1.82, 2.24) is 5.32 Å². The second kappa shape index (κ2) is 8.74. The van der Waals surface area contributed by atoms with Gasteiger partial charge in [-0.15, -0.1) is 0 Å². The molecule has 0 aliphatic rings. The Hall–Kier alpha value is -3.24. The van der Waals surface area contributed by atoms with Gasteiger partial charge in [0.2, 0.25) is 0 Å². The summed E-state index contributed by atoms with van der Waals surface area (Å²) in [4.78, 5) is 23.7. The van der Waals surface area contributed by atoms with E-state index < -0.39 is 5.91 Å². The number of hydrogen-bond donors (Lipinski definition) is 2. The van der Waals surface area contributed by atoms with Gasteiger partial charge in [-0.2, -0.15) is 5.26 Å². The van der Waals surface area contributed by atoms with Crippen molar-refractivity contribution >= 4 is 29.1 Å². The van der Waals surface area contributed by atoms with Crippen LogP contribution >= 0.6 is 11.6 Å². The van der Waals surface area contributed by atoms with Gasteiger partial charge in [0.1, 0.15) is 0 Å². The van der Waals surface area contributed by atoms with E-state index in [1.54, 1.807) is 24.3 Å². The minimum absolute atomic E-state index is 0.162. The van der Waals surface area contributed by atoms with Crippen LogP contribution in [0.25, 0.3) is 0 Å². The zero-order chi connectivity index (χ0) is 19.1. The number of nitriles is 1. The first-order chi connectivity index (χ1) is 12.5. The topological polar surface area (TPSA) is 100 Å². The number of ether oxygens (including phenoxy) is 2. The van der Waals surface area contributed by atoms with E-state index in [0.29, 0.717) is 16.8 Å². The van der Waals surface area contributed by atoms with Crippen molar-refractivity contribution in [3.63, 3.8) is 0 Å². The first-order valence-corrected chi connectivity index (χ1v) is 7.88. The van der Waals surface area contributed by atoms with E-state index in [1.807, 2.05) is 6.07 Å². The quantitative estimate of drug-likeness (QED) is 0.810. The lowest BCUT2D eigenvalue weighted by Crippen LogP contribution is -2.21. The molecule has 134 valence electrons. The van der Waals surface area contributed by atoms with Crippen LogP contribution in [0.1, 0.15) is 15.9 Å². The van der Waals surface area contributed by atoms with Gasteiger partial charge in [0, 0.05) is 24.4 Å². The summed E-state index contributed by atoms with van der Waals surface area (Å²) in [5, 5.41) is 14.2. The number of rotatable bonds is 6. The van der Waals surface area contributed by atoms with Crippen molar-refractivity contribution in [2.24, 2.45) is 0 Å². The zero-order valence-corrected chi connectivity index (χ0v) is 14.9. The molecule has 2 rings (SSSR count). The van der Waals surface area contributed by atoms with Crippen LogP contribution in [0, 0.1) is 11.3 Å². The third-order valence-corrected chi connectivity index (χ3v) is 3.62. The summed E-state index contributed by atoms with van der Waals surface area (Å²) in [7, 11) is 2.93. The molecule has 2 aromatic carbocycles. The Kier molecular flexibility index (Phi) is 6.42. The predicted molar refractivity (Wildman–Crippen MR) is 96.7 cm³/mol. The maximum absolute atomic E-state index is 12.1. The molecule has 2 N–H and O–H groups in total. The van der Waals surface area contributed by atoms with Crippen LogP contribution in [0.5, 0.6) is 11.5 Å². The average Bonchev–Trinajstić information content (AvgIpc) is 2.65. The molecule has 0 aromatic heterocycles. The van der Waals surface area contributed by atoms with Crippen molar-refractivity contribution in [1.29, 1.82) is 5.26 Å². The number of nitrogens with zero attached hydrogens (tertiary/aromatic N) is 1. The second-order valence-corrected chi connectivity index (χ2v) is 5.51. The summed E-state index contributed by atoms with van der Waals surface area (Å²) < 4.78 is 10.6. The smallest absolute Gasteiger partial charge is 0.262 e. The van der Waals surface area contributed by atoms with Crippen molar-refractivity contribution in [2.45, 2.75) is 0 Å². The Morgan fingerprint density at radius 2 is 2.04 bits per heavy atom. The molecule has 2 aromatic rings. The highest BCUT2D eigenvalue weighted by molar-refractivity contribution is 6.32. The third kappa shape index (κ3) is 4.65. The van der Waals surface area contributed by atoms with Crippen molar-refractivity contribution in [3.8, 4) is 17.6 Å². The van der Waals surface area contributed by atoms with Gasteiger partial charge in [-0.1, -0.05) is 17.7 Å². The van der Waals surface area contributed by atoms with Crippen LogP contribution in [-0.2, 0) is 4.79 Å². The molecule has 26 heavy (non-hydrogen) atoms. The predicted octanol–water partition coefficient (Wildman–Crippen LogP) is 2.60. The highest BCUT2D eigenvalue weighted by Crippen LogP contribution is 2.36. The lowest BCUT2D eigenvalue weighted by Gasteiger charge is -2.13. The molecule has 0 spiro atoms. The zero-order valence-electron chi connectivity index (χ0n) is 14.1. The molecule has 0 bridgehead atoms. The Morgan fingerprint density at radius 3 is 2.69 bits per heavy atom. The van der Waals surface area contributed by atoms with Crippen LogP contribution in [0.4, 0.5) is 5.69 Å². The molecule has 0 saturated carbocycles. The average molecular weight is 374 g/mol. The Labute approximate surface area is 155 Å². The summed E-state index contributed by atoms with van der Waals surface area (Å²) in [6.07, 6.45) is 0. The lowest BCUT2D eigenvalue weighted by atomic mass is 10.2. The van der Waals surface area contributed by atoms with Crippen molar-refractivity contribution in [2.75, 3.05) is 26.1 Å². The lowest BCUT2D eigenvalue weighted by molar-refractivity contribution is -0.118.